The van der Waals surface area contributed by atoms with Gasteiger partial charge in [0.25, 0.3) is 0 Å². The fourth-order valence-corrected chi connectivity index (χ4v) is 2.77. The molecule has 0 unspecified atom stereocenters. The van der Waals surface area contributed by atoms with Crippen LogP contribution >= 0.6 is 0 Å². The number of nitrogens with one attached hydrogen (secondary N) is 1. The second kappa shape index (κ2) is 7.31. The molecule has 0 amide bonds. The lowest BCUT2D eigenvalue weighted by Crippen LogP contribution is -2.36. The second-order valence-corrected chi connectivity index (χ2v) is 5.36. The molecule has 116 valence electrons. The Bertz CT molecular complexity index is 482. The van der Waals surface area contributed by atoms with Gasteiger partial charge in [-0.15, -0.1) is 0 Å². The first-order valence-electron chi connectivity index (χ1n) is 7.53. The van der Waals surface area contributed by atoms with Crippen LogP contribution in [0.1, 0.15) is 25.3 Å². The van der Waals surface area contributed by atoms with E-state index in [0.29, 0.717) is 19.4 Å². The lowest BCUT2D eigenvalue weighted by atomic mass is 9.96. The summed E-state index contributed by atoms with van der Waals surface area (Å²) in [5.74, 6) is 0.00318. The van der Waals surface area contributed by atoms with Crippen LogP contribution in [-0.2, 0) is 11.3 Å². The number of carboxylic acids is 1. The summed E-state index contributed by atoms with van der Waals surface area (Å²) in [6.45, 7) is 4.94. The first-order valence-corrected chi connectivity index (χ1v) is 7.53. The molecule has 0 radical (unpaired) electrons. The number of rotatable bonds is 6. The highest BCUT2D eigenvalue weighted by atomic mass is 16.5. The van der Waals surface area contributed by atoms with Crippen LogP contribution < -0.4 is 15.0 Å². The Balaban J connectivity index is 2.13. The zero-order valence-electron chi connectivity index (χ0n) is 12.8. The molecular weight excluding hydrogens is 268 g/mol. The maximum absolute atomic E-state index is 11.0. The molecule has 2 rings (SSSR count). The standard InChI is InChI=1S/C16H24N2O3/c1-3-21-15-10-12(11-17-2)4-5-14(15)18-8-6-13(7-9-18)16(19)20/h4-5,10,13,17H,3,6-9,11H2,1-2H3,(H,19,20). The molecule has 0 aromatic heterocycles. The predicted molar refractivity (Wildman–Crippen MR) is 82.9 cm³/mol. The topological polar surface area (TPSA) is 61.8 Å². The van der Waals surface area contributed by atoms with Gasteiger partial charge >= 0.3 is 5.97 Å². The van der Waals surface area contributed by atoms with Crippen molar-refractivity contribution in [1.29, 1.82) is 0 Å². The fraction of sp³-hybridized carbons (Fsp3) is 0.562. The van der Waals surface area contributed by atoms with E-state index in [9.17, 15) is 4.79 Å². The minimum Gasteiger partial charge on any atom is -0.492 e. The van der Waals surface area contributed by atoms with Crippen molar-refractivity contribution in [3.63, 3.8) is 0 Å². The van der Waals surface area contributed by atoms with Crippen molar-refractivity contribution < 1.29 is 14.6 Å². The Morgan fingerprint density at radius 1 is 1.43 bits per heavy atom. The van der Waals surface area contributed by atoms with Crippen LogP contribution in [0.5, 0.6) is 5.75 Å². The molecule has 1 aromatic carbocycles. The molecule has 0 aliphatic carbocycles. The number of anilines is 1. The number of aliphatic carboxylic acids is 1. The van der Waals surface area contributed by atoms with E-state index in [1.54, 1.807) is 0 Å². The molecule has 1 fully saturated rings. The van der Waals surface area contributed by atoms with Gasteiger partial charge in [-0.1, -0.05) is 6.07 Å². The van der Waals surface area contributed by atoms with Crippen LogP contribution in [0.4, 0.5) is 5.69 Å². The summed E-state index contributed by atoms with van der Waals surface area (Å²) in [5, 5.41) is 12.2. The van der Waals surface area contributed by atoms with E-state index in [1.807, 2.05) is 14.0 Å². The number of ether oxygens (including phenoxy) is 1. The van der Waals surface area contributed by atoms with Crippen LogP contribution in [0.25, 0.3) is 0 Å². The summed E-state index contributed by atoms with van der Waals surface area (Å²) in [4.78, 5) is 13.3. The zero-order chi connectivity index (χ0) is 15.2. The van der Waals surface area contributed by atoms with Gasteiger partial charge in [0.05, 0.1) is 18.2 Å². The number of nitrogens with zero attached hydrogens (tertiary/aromatic N) is 1. The molecule has 1 aromatic rings. The largest absolute Gasteiger partial charge is 0.492 e. The highest BCUT2D eigenvalue weighted by molar-refractivity contribution is 5.70. The number of hydrogen-bond acceptors (Lipinski definition) is 4. The van der Waals surface area contributed by atoms with E-state index in [4.69, 9.17) is 9.84 Å². The van der Waals surface area contributed by atoms with E-state index < -0.39 is 5.97 Å². The molecule has 5 nitrogen and oxygen atoms in total. The van der Waals surface area contributed by atoms with Crippen LogP contribution in [0, 0.1) is 5.92 Å². The third-order valence-corrected chi connectivity index (χ3v) is 3.89. The van der Waals surface area contributed by atoms with Gasteiger partial charge in [0.2, 0.25) is 0 Å². The SMILES string of the molecule is CCOc1cc(CNC)ccc1N1CCC(C(=O)O)CC1. The van der Waals surface area contributed by atoms with Crippen molar-refractivity contribution in [2.45, 2.75) is 26.3 Å². The van der Waals surface area contributed by atoms with Gasteiger partial charge in [0.1, 0.15) is 5.75 Å². The van der Waals surface area contributed by atoms with Gasteiger partial charge in [-0.25, -0.2) is 0 Å². The Kier molecular flexibility index (Phi) is 5.44. The third kappa shape index (κ3) is 3.88. The molecule has 1 saturated heterocycles. The lowest BCUT2D eigenvalue weighted by Gasteiger charge is -2.33. The van der Waals surface area contributed by atoms with Crippen LogP contribution in [0.2, 0.25) is 0 Å². The summed E-state index contributed by atoms with van der Waals surface area (Å²) in [6, 6.07) is 6.25. The van der Waals surface area contributed by atoms with E-state index in [2.05, 4.69) is 28.4 Å². The average Bonchev–Trinajstić information content (AvgIpc) is 2.48. The van der Waals surface area contributed by atoms with Gasteiger partial charge in [0, 0.05) is 19.6 Å². The highest BCUT2D eigenvalue weighted by Gasteiger charge is 2.25. The molecule has 0 saturated carbocycles. The van der Waals surface area contributed by atoms with Gasteiger partial charge in [0.15, 0.2) is 0 Å². The Labute approximate surface area is 125 Å². The third-order valence-electron chi connectivity index (χ3n) is 3.89. The quantitative estimate of drug-likeness (QED) is 0.841. The summed E-state index contributed by atoms with van der Waals surface area (Å²) in [6.07, 6.45) is 1.39. The molecule has 0 atom stereocenters. The lowest BCUT2D eigenvalue weighted by molar-refractivity contribution is -0.142. The molecule has 2 N–H and O–H groups in total. The van der Waals surface area contributed by atoms with Crippen LogP contribution in [-0.4, -0.2) is 37.8 Å². The smallest absolute Gasteiger partial charge is 0.306 e. The molecule has 1 aliphatic rings. The maximum Gasteiger partial charge on any atom is 0.306 e. The minimum absolute atomic E-state index is 0.208. The van der Waals surface area contributed by atoms with Crippen molar-refractivity contribution in [1.82, 2.24) is 5.32 Å². The van der Waals surface area contributed by atoms with Crippen molar-refractivity contribution in [3.05, 3.63) is 23.8 Å². The Morgan fingerprint density at radius 2 is 2.14 bits per heavy atom. The minimum atomic E-state index is -0.677. The van der Waals surface area contributed by atoms with Crippen molar-refractivity contribution in [2.24, 2.45) is 5.92 Å². The monoisotopic (exact) mass is 292 g/mol. The van der Waals surface area contributed by atoms with E-state index in [0.717, 1.165) is 31.1 Å². The molecule has 0 bridgehead atoms. The fourth-order valence-electron chi connectivity index (χ4n) is 2.77. The number of hydrogen-bond donors (Lipinski definition) is 2. The predicted octanol–water partition coefficient (Wildman–Crippen LogP) is 2.11. The zero-order valence-corrected chi connectivity index (χ0v) is 12.8. The van der Waals surface area contributed by atoms with Crippen LogP contribution in [0.15, 0.2) is 18.2 Å². The second-order valence-electron chi connectivity index (χ2n) is 5.36. The van der Waals surface area contributed by atoms with Crippen molar-refractivity contribution >= 4 is 11.7 Å². The number of piperidine rings is 1. The summed E-state index contributed by atoms with van der Waals surface area (Å²) in [7, 11) is 1.92. The number of carboxylic acid groups (broad SMARTS) is 1. The van der Waals surface area contributed by atoms with Gasteiger partial charge in [-0.3, -0.25) is 4.79 Å². The van der Waals surface area contributed by atoms with E-state index in [-0.39, 0.29) is 5.92 Å². The molecule has 21 heavy (non-hydrogen) atoms. The van der Waals surface area contributed by atoms with Gasteiger partial charge in [-0.05, 0) is 44.5 Å². The van der Waals surface area contributed by atoms with Gasteiger partial charge in [-0.2, -0.15) is 0 Å². The first-order chi connectivity index (χ1) is 10.2. The van der Waals surface area contributed by atoms with Crippen molar-refractivity contribution in [3.8, 4) is 5.75 Å². The van der Waals surface area contributed by atoms with Crippen LogP contribution in [0.3, 0.4) is 0 Å². The summed E-state index contributed by atoms with van der Waals surface area (Å²) < 4.78 is 5.77. The molecular formula is C16H24N2O3. The number of carbonyl (C=O) groups is 1. The summed E-state index contributed by atoms with van der Waals surface area (Å²) >= 11 is 0. The normalized spacial score (nSPS) is 16.0. The Hall–Kier alpha value is -1.75. The maximum atomic E-state index is 11.0. The van der Waals surface area contributed by atoms with E-state index in [1.165, 1.54) is 5.56 Å². The number of benzene rings is 1. The first kappa shape index (κ1) is 15.6. The molecule has 0 spiro atoms. The Morgan fingerprint density at radius 3 is 2.71 bits per heavy atom. The molecule has 1 aliphatic heterocycles. The average molecular weight is 292 g/mol. The summed E-state index contributed by atoms with van der Waals surface area (Å²) in [5.41, 5.74) is 2.26. The highest BCUT2D eigenvalue weighted by Crippen LogP contribution is 2.32. The van der Waals surface area contributed by atoms with Gasteiger partial charge < -0.3 is 20.1 Å². The molecule has 1 heterocycles. The molecule has 5 heteroatoms. The van der Waals surface area contributed by atoms with Crippen molar-refractivity contribution in [2.75, 3.05) is 31.6 Å². The van der Waals surface area contributed by atoms with E-state index >= 15 is 0 Å².